The van der Waals surface area contributed by atoms with Crippen LogP contribution in [0.5, 0.6) is 0 Å². The summed E-state index contributed by atoms with van der Waals surface area (Å²) in [4.78, 5) is 26.5. The van der Waals surface area contributed by atoms with E-state index in [0.29, 0.717) is 12.0 Å². The largest absolute Gasteiger partial charge is 0.355 e. The van der Waals surface area contributed by atoms with E-state index in [2.05, 4.69) is 12.2 Å². The van der Waals surface area contributed by atoms with Crippen LogP contribution in [0.3, 0.4) is 0 Å². The summed E-state index contributed by atoms with van der Waals surface area (Å²) < 4.78 is 0. The molecule has 0 aromatic rings. The van der Waals surface area contributed by atoms with Gasteiger partial charge in [-0.3, -0.25) is 9.59 Å². The maximum Gasteiger partial charge on any atom is 0.225 e. The van der Waals surface area contributed by atoms with Gasteiger partial charge in [-0.05, 0) is 50.4 Å². The zero-order valence-corrected chi connectivity index (χ0v) is 13.2. The van der Waals surface area contributed by atoms with Crippen LogP contribution in [0.25, 0.3) is 0 Å². The van der Waals surface area contributed by atoms with Crippen molar-refractivity contribution in [3.05, 3.63) is 0 Å². The third-order valence-electron chi connectivity index (χ3n) is 5.83. The number of hydrogen-bond donors (Lipinski definition) is 1. The molecular weight excluding hydrogens is 264 g/mol. The minimum Gasteiger partial charge on any atom is -0.355 e. The van der Waals surface area contributed by atoms with Crippen molar-refractivity contribution in [2.24, 2.45) is 17.3 Å². The van der Waals surface area contributed by atoms with Gasteiger partial charge in [-0.25, -0.2) is 0 Å². The summed E-state index contributed by atoms with van der Waals surface area (Å²) in [5.41, 5.74) is 0.369. The Balaban J connectivity index is 1.48. The van der Waals surface area contributed by atoms with Crippen molar-refractivity contribution >= 4 is 11.8 Å². The molecule has 0 bridgehead atoms. The summed E-state index contributed by atoms with van der Waals surface area (Å²) in [5.74, 6) is 0.736. The van der Waals surface area contributed by atoms with Crippen molar-refractivity contribution in [3.63, 3.8) is 0 Å². The van der Waals surface area contributed by atoms with Gasteiger partial charge in [0.1, 0.15) is 0 Å². The number of amides is 2. The van der Waals surface area contributed by atoms with E-state index in [1.54, 1.807) is 0 Å². The van der Waals surface area contributed by atoms with Crippen LogP contribution >= 0.6 is 0 Å². The van der Waals surface area contributed by atoms with Crippen LogP contribution in [0, 0.1) is 17.3 Å². The average Bonchev–Trinajstić information content (AvgIpc) is 3.30. The standard InChI is InChI=1S/C17H28N2O2/c1-2-17(8-4-9-17)12-18-15(20)14-5-3-10-19(11-14)16(21)13-6-7-13/h13-14H,2-12H2,1H3,(H,18,20)/t14-/m1/s1. The quantitative estimate of drug-likeness (QED) is 0.845. The third kappa shape index (κ3) is 3.24. The molecule has 0 spiro atoms. The number of likely N-dealkylation sites (tertiary alicyclic amines) is 1. The monoisotopic (exact) mass is 292 g/mol. The van der Waals surface area contributed by atoms with E-state index >= 15 is 0 Å². The molecule has 0 unspecified atom stereocenters. The average molecular weight is 292 g/mol. The summed E-state index contributed by atoms with van der Waals surface area (Å²) in [5, 5.41) is 3.17. The SMILES string of the molecule is CCC1(CNC(=O)[C@@H]2CCCN(C(=O)C3CC3)C2)CCC1. The van der Waals surface area contributed by atoms with Crippen molar-refractivity contribution in [3.8, 4) is 0 Å². The van der Waals surface area contributed by atoms with E-state index in [9.17, 15) is 9.59 Å². The Labute approximate surface area is 127 Å². The van der Waals surface area contributed by atoms with Gasteiger partial charge in [0.2, 0.25) is 11.8 Å². The number of nitrogens with one attached hydrogen (secondary N) is 1. The molecule has 2 aliphatic carbocycles. The highest BCUT2D eigenvalue weighted by molar-refractivity contribution is 5.83. The van der Waals surface area contributed by atoms with Crippen molar-refractivity contribution in [2.45, 2.75) is 58.3 Å². The van der Waals surface area contributed by atoms with Crippen molar-refractivity contribution in [2.75, 3.05) is 19.6 Å². The summed E-state index contributed by atoms with van der Waals surface area (Å²) in [7, 11) is 0. The van der Waals surface area contributed by atoms with E-state index < -0.39 is 0 Å². The molecule has 3 rings (SSSR count). The Kier molecular flexibility index (Phi) is 4.23. The summed E-state index contributed by atoms with van der Waals surface area (Å²) >= 11 is 0. The molecule has 0 aromatic heterocycles. The van der Waals surface area contributed by atoms with E-state index in [4.69, 9.17) is 0 Å². The predicted molar refractivity (Wildman–Crippen MR) is 81.6 cm³/mol. The molecule has 1 saturated heterocycles. The molecule has 2 saturated carbocycles. The van der Waals surface area contributed by atoms with Gasteiger partial charge < -0.3 is 10.2 Å². The molecule has 21 heavy (non-hydrogen) atoms. The number of carbonyl (C=O) groups is 2. The van der Waals surface area contributed by atoms with Gasteiger partial charge in [0.25, 0.3) is 0 Å². The molecule has 1 aliphatic heterocycles. The molecular formula is C17H28N2O2. The summed E-state index contributed by atoms with van der Waals surface area (Å²) in [6, 6.07) is 0. The minimum absolute atomic E-state index is 0.00966. The Hall–Kier alpha value is -1.06. The van der Waals surface area contributed by atoms with Crippen LogP contribution in [0.15, 0.2) is 0 Å². The second kappa shape index (κ2) is 5.98. The fourth-order valence-electron chi connectivity index (χ4n) is 3.73. The molecule has 0 aromatic carbocycles. The first kappa shape index (κ1) is 14.9. The molecule has 0 radical (unpaired) electrons. The highest BCUT2D eigenvalue weighted by Gasteiger charge is 2.38. The van der Waals surface area contributed by atoms with Gasteiger partial charge >= 0.3 is 0 Å². The molecule has 3 fully saturated rings. The van der Waals surface area contributed by atoms with Gasteiger partial charge in [0.15, 0.2) is 0 Å². The van der Waals surface area contributed by atoms with Crippen molar-refractivity contribution in [1.82, 2.24) is 10.2 Å². The molecule has 3 aliphatic rings. The highest BCUT2D eigenvalue weighted by atomic mass is 16.2. The lowest BCUT2D eigenvalue weighted by Gasteiger charge is -2.42. The first-order chi connectivity index (χ1) is 10.1. The van der Waals surface area contributed by atoms with Crippen LogP contribution < -0.4 is 5.32 Å². The van der Waals surface area contributed by atoms with Gasteiger partial charge in [-0.15, -0.1) is 0 Å². The van der Waals surface area contributed by atoms with Crippen LogP contribution in [0.4, 0.5) is 0 Å². The Bertz CT molecular complexity index is 408. The fourth-order valence-corrected chi connectivity index (χ4v) is 3.73. The lowest BCUT2D eigenvalue weighted by Crippen LogP contribution is -2.48. The van der Waals surface area contributed by atoms with Crippen LogP contribution in [-0.2, 0) is 9.59 Å². The van der Waals surface area contributed by atoms with Gasteiger partial charge in [0, 0.05) is 25.6 Å². The van der Waals surface area contributed by atoms with Gasteiger partial charge in [-0.2, -0.15) is 0 Å². The molecule has 118 valence electrons. The zero-order chi connectivity index (χ0) is 14.9. The lowest BCUT2D eigenvalue weighted by molar-refractivity contribution is -0.137. The first-order valence-corrected chi connectivity index (χ1v) is 8.70. The third-order valence-corrected chi connectivity index (χ3v) is 5.83. The van der Waals surface area contributed by atoms with E-state index in [1.165, 1.54) is 19.3 Å². The van der Waals surface area contributed by atoms with Crippen LogP contribution in [0.2, 0.25) is 0 Å². The normalized spacial score (nSPS) is 27.9. The second-order valence-corrected chi connectivity index (χ2v) is 7.32. The molecule has 1 heterocycles. The molecule has 4 heteroatoms. The Morgan fingerprint density at radius 2 is 1.90 bits per heavy atom. The number of nitrogens with zero attached hydrogens (tertiary/aromatic N) is 1. The summed E-state index contributed by atoms with van der Waals surface area (Å²) in [6.45, 7) is 4.54. The van der Waals surface area contributed by atoms with E-state index in [0.717, 1.165) is 45.2 Å². The zero-order valence-electron chi connectivity index (χ0n) is 13.2. The maximum atomic E-state index is 12.4. The number of carbonyl (C=O) groups excluding carboxylic acids is 2. The molecule has 4 nitrogen and oxygen atoms in total. The van der Waals surface area contributed by atoms with E-state index in [1.807, 2.05) is 4.90 Å². The second-order valence-electron chi connectivity index (χ2n) is 7.32. The Morgan fingerprint density at radius 1 is 1.14 bits per heavy atom. The number of rotatable bonds is 5. The number of hydrogen-bond acceptors (Lipinski definition) is 2. The number of piperidine rings is 1. The fraction of sp³-hybridized carbons (Fsp3) is 0.882. The Morgan fingerprint density at radius 3 is 2.48 bits per heavy atom. The predicted octanol–water partition coefficient (Wildman–Crippen LogP) is 2.33. The van der Waals surface area contributed by atoms with Crippen LogP contribution in [-0.4, -0.2) is 36.3 Å². The molecule has 1 N–H and O–H groups in total. The van der Waals surface area contributed by atoms with Gasteiger partial charge in [-0.1, -0.05) is 13.3 Å². The molecule has 1 atom stereocenters. The first-order valence-electron chi connectivity index (χ1n) is 8.70. The van der Waals surface area contributed by atoms with Crippen LogP contribution in [0.1, 0.15) is 58.3 Å². The topological polar surface area (TPSA) is 49.4 Å². The molecule has 2 amide bonds. The van der Waals surface area contributed by atoms with Crippen molar-refractivity contribution < 1.29 is 9.59 Å². The smallest absolute Gasteiger partial charge is 0.225 e. The maximum absolute atomic E-state index is 12.4. The lowest BCUT2D eigenvalue weighted by atomic mass is 9.67. The van der Waals surface area contributed by atoms with Gasteiger partial charge in [0.05, 0.1) is 5.92 Å². The van der Waals surface area contributed by atoms with E-state index in [-0.39, 0.29) is 23.7 Å². The summed E-state index contributed by atoms with van der Waals surface area (Å²) in [6.07, 6.45) is 8.95. The highest BCUT2D eigenvalue weighted by Crippen LogP contribution is 2.43. The van der Waals surface area contributed by atoms with Crippen molar-refractivity contribution in [1.29, 1.82) is 0 Å². The minimum atomic E-state index is 0.00966.